The molecule has 2 aliphatic carbocycles. The van der Waals surface area contributed by atoms with Crippen molar-refractivity contribution in [2.24, 2.45) is 5.92 Å². The molecule has 180 valence electrons. The number of aromatic nitrogens is 2. The molecule has 10 nitrogen and oxygen atoms in total. The van der Waals surface area contributed by atoms with Crippen LogP contribution < -0.4 is 10.6 Å². The molecule has 1 fully saturated rings. The number of nitrogens with one attached hydrogen (secondary N) is 2. The highest BCUT2D eigenvalue weighted by Gasteiger charge is 2.33. The lowest BCUT2D eigenvalue weighted by Gasteiger charge is -2.19. The van der Waals surface area contributed by atoms with Gasteiger partial charge in [0.2, 0.25) is 11.5 Å². The highest BCUT2D eigenvalue weighted by atomic mass is 16.6. The van der Waals surface area contributed by atoms with Crippen molar-refractivity contribution in [2.45, 2.75) is 37.6 Å². The summed E-state index contributed by atoms with van der Waals surface area (Å²) in [6.07, 6.45) is 1.40. The minimum absolute atomic E-state index is 0.0210. The lowest BCUT2D eigenvalue weighted by atomic mass is 9.98. The first-order valence-corrected chi connectivity index (χ1v) is 11.5. The molecule has 3 aromatic rings. The zero-order chi connectivity index (χ0) is 24.4. The van der Waals surface area contributed by atoms with E-state index in [1.165, 1.54) is 0 Å². The van der Waals surface area contributed by atoms with Crippen LogP contribution >= 0.6 is 0 Å². The molecule has 2 atom stereocenters. The van der Waals surface area contributed by atoms with Gasteiger partial charge in [-0.1, -0.05) is 55.0 Å². The Morgan fingerprint density at radius 3 is 2.37 bits per heavy atom. The van der Waals surface area contributed by atoms with Crippen LogP contribution in [0.15, 0.2) is 53.2 Å². The average molecular weight is 476 g/mol. The fraction of sp³-hybridized carbons (Fsp3) is 0.320. The van der Waals surface area contributed by atoms with Gasteiger partial charge in [-0.2, -0.15) is 0 Å². The summed E-state index contributed by atoms with van der Waals surface area (Å²) in [5, 5.41) is 21.5. The maximum absolute atomic E-state index is 12.7. The summed E-state index contributed by atoms with van der Waals surface area (Å²) in [5.41, 5.74) is 4.20. The van der Waals surface area contributed by atoms with Crippen LogP contribution in [0.4, 0.5) is 10.6 Å². The number of carboxylic acid groups (broad SMARTS) is 1. The highest BCUT2D eigenvalue weighted by Crippen LogP contribution is 2.44. The van der Waals surface area contributed by atoms with Crippen molar-refractivity contribution >= 4 is 23.8 Å². The number of fused-ring (bicyclic) bond motifs is 3. The Balaban J connectivity index is 1.22. The van der Waals surface area contributed by atoms with E-state index in [4.69, 9.17) is 9.84 Å². The molecule has 2 aromatic carbocycles. The monoisotopic (exact) mass is 476 g/mol. The second-order valence-corrected chi connectivity index (χ2v) is 8.78. The SMILES string of the molecule is O=C(O)C[C@@H]1CCC[C@H]1NC(=O)c1nonc1NC(=O)OCC1c2ccccc2-c2ccccc21. The Bertz CT molecular complexity index is 1230. The number of ether oxygens (including phenoxy) is 1. The molecule has 2 amide bonds. The first kappa shape index (κ1) is 22.6. The Morgan fingerprint density at radius 2 is 1.69 bits per heavy atom. The summed E-state index contributed by atoms with van der Waals surface area (Å²) in [6.45, 7) is 0.103. The van der Waals surface area contributed by atoms with Crippen molar-refractivity contribution in [3.8, 4) is 11.1 Å². The molecule has 1 heterocycles. The standard InChI is InChI=1S/C25H24N4O6/c30-21(31)12-14-6-5-11-20(14)26-24(32)22-23(29-35-28-22)27-25(33)34-13-19-17-9-3-1-7-15(17)16-8-2-4-10-18(16)19/h1-4,7-10,14,19-20H,5-6,11-13H2,(H,26,32)(H,30,31)(H,27,29,33)/t14-,20+/m0/s1. The molecule has 0 spiro atoms. The number of rotatable bonds is 7. The highest BCUT2D eigenvalue weighted by molar-refractivity contribution is 5.99. The van der Waals surface area contributed by atoms with Crippen molar-refractivity contribution in [3.63, 3.8) is 0 Å². The van der Waals surface area contributed by atoms with Gasteiger partial charge < -0.3 is 15.2 Å². The summed E-state index contributed by atoms with van der Waals surface area (Å²) in [5.74, 6) is -1.93. The molecule has 2 aliphatic rings. The molecule has 5 rings (SSSR count). The quantitative estimate of drug-likeness (QED) is 0.467. The summed E-state index contributed by atoms with van der Waals surface area (Å²) in [6, 6.07) is 15.7. The zero-order valence-electron chi connectivity index (χ0n) is 18.8. The van der Waals surface area contributed by atoms with Crippen molar-refractivity contribution in [1.82, 2.24) is 15.6 Å². The van der Waals surface area contributed by atoms with E-state index in [2.05, 4.69) is 25.6 Å². The summed E-state index contributed by atoms with van der Waals surface area (Å²) in [7, 11) is 0. The molecule has 10 heteroatoms. The van der Waals surface area contributed by atoms with Crippen molar-refractivity contribution in [2.75, 3.05) is 11.9 Å². The molecule has 0 saturated heterocycles. The smallest absolute Gasteiger partial charge is 0.412 e. The van der Waals surface area contributed by atoms with Crippen LogP contribution in [-0.2, 0) is 9.53 Å². The largest absolute Gasteiger partial charge is 0.481 e. The second kappa shape index (κ2) is 9.57. The van der Waals surface area contributed by atoms with Crippen LogP contribution in [0, 0.1) is 5.92 Å². The number of anilines is 1. The Labute approximate surface area is 200 Å². The van der Waals surface area contributed by atoms with E-state index in [1.807, 2.05) is 48.5 Å². The number of hydrogen-bond acceptors (Lipinski definition) is 7. The van der Waals surface area contributed by atoms with Crippen molar-refractivity contribution in [3.05, 3.63) is 65.4 Å². The third kappa shape index (κ3) is 4.59. The Hall–Kier alpha value is -4.21. The molecule has 0 bridgehead atoms. The molecular weight excluding hydrogens is 452 g/mol. The van der Waals surface area contributed by atoms with Crippen LogP contribution in [0.1, 0.15) is 53.2 Å². The third-order valence-corrected chi connectivity index (χ3v) is 6.68. The zero-order valence-corrected chi connectivity index (χ0v) is 18.8. The van der Waals surface area contributed by atoms with Gasteiger partial charge in [0.05, 0.1) is 6.42 Å². The number of hydrogen-bond donors (Lipinski definition) is 3. The Kier molecular flexibility index (Phi) is 6.17. The fourth-order valence-corrected chi connectivity index (χ4v) is 5.08. The van der Waals surface area contributed by atoms with Gasteiger partial charge >= 0.3 is 12.1 Å². The van der Waals surface area contributed by atoms with E-state index in [-0.39, 0.29) is 42.4 Å². The van der Waals surface area contributed by atoms with Gasteiger partial charge in [-0.3, -0.25) is 14.9 Å². The summed E-state index contributed by atoms with van der Waals surface area (Å²) < 4.78 is 10.2. The lowest BCUT2D eigenvalue weighted by Crippen LogP contribution is -2.38. The van der Waals surface area contributed by atoms with Crippen LogP contribution in [-0.4, -0.2) is 46.0 Å². The molecule has 1 aromatic heterocycles. The van der Waals surface area contributed by atoms with Gasteiger partial charge in [0.1, 0.15) is 6.61 Å². The van der Waals surface area contributed by atoms with Crippen LogP contribution in [0.2, 0.25) is 0 Å². The average Bonchev–Trinajstić information content (AvgIpc) is 3.56. The maximum atomic E-state index is 12.7. The number of nitrogens with zero attached hydrogens (tertiary/aromatic N) is 2. The molecule has 3 N–H and O–H groups in total. The van der Waals surface area contributed by atoms with Crippen LogP contribution in [0.5, 0.6) is 0 Å². The van der Waals surface area contributed by atoms with E-state index in [9.17, 15) is 14.4 Å². The molecule has 35 heavy (non-hydrogen) atoms. The number of benzene rings is 2. The molecule has 0 aliphatic heterocycles. The van der Waals surface area contributed by atoms with E-state index in [0.29, 0.717) is 6.42 Å². The predicted molar refractivity (Wildman–Crippen MR) is 124 cm³/mol. The minimum atomic E-state index is -0.906. The topological polar surface area (TPSA) is 144 Å². The molecule has 1 saturated carbocycles. The molecule has 0 radical (unpaired) electrons. The number of carbonyl (C=O) groups is 3. The lowest BCUT2D eigenvalue weighted by molar-refractivity contribution is -0.138. The van der Waals surface area contributed by atoms with E-state index in [0.717, 1.165) is 35.1 Å². The van der Waals surface area contributed by atoms with Crippen LogP contribution in [0.25, 0.3) is 11.1 Å². The van der Waals surface area contributed by atoms with Gasteiger partial charge in [0, 0.05) is 12.0 Å². The van der Waals surface area contributed by atoms with Crippen molar-refractivity contribution in [1.29, 1.82) is 0 Å². The van der Waals surface area contributed by atoms with Gasteiger partial charge in [-0.25, -0.2) is 9.42 Å². The number of carbonyl (C=O) groups excluding carboxylic acids is 2. The maximum Gasteiger partial charge on any atom is 0.412 e. The molecular formula is C25H24N4O6. The van der Waals surface area contributed by atoms with E-state index in [1.54, 1.807) is 0 Å². The summed E-state index contributed by atoms with van der Waals surface area (Å²) in [4.78, 5) is 36.3. The first-order chi connectivity index (χ1) is 17.0. The Morgan fingerprint density at radius 1 is 1.00 bits per heavy atom. The van der Waals surface area contributed by atoms with Crippen LogP contribution in [0.3, 0.4) is 0 Å². The van der Waals surface area contributed by atoms with Gasteiger partial charge in [-0.05, 0) is 51.3 Å². The normalized spacial score (nSPS) is 18.5. The van der Waals surface area contributed by atoms with E-state index < -0.39 is 18.0 Å². The number of carboxylic acids is 1. The predicted octanol–water partition coefficient (Wildman–Crippen LogP) is 3.80. The van der Waals surface area contributed by atoms with E-state index >= 15 is 0 Å². The summed E-state index contributed by atoms with van der Waals surface area (Å²) >= 11 is 0. The van der Waals surface area contributed by atoms with Gasteiger partial charge in [0.25, 0.3) is 5.91 Å². The fourth-order valence-electron chi connectivity index (χ4n) is 5.08. The van der Waals surface area contributed by atoms with Gasteiger partial charge in [0.15, 0.2) is 0 Å². The third-order valence-electron chi connectivity index (χ3n) is 6.68. The number of amides is 2. The minimum Gasteiger partial charge on any atom is -0.481 e. The number of aliphatic carboxylic acids is 1. The molecule has 0 unspecified atom stereocenters. The second-order valence-electron chi connectivity index (χ2n) is 8.78. The van der Waals surface area contributed by atoms with Crippen molar-refractivity contribution < 1.29 is 28.9 Å². The first-order valence-electron chi connectivity index (χ1n) is 11.5. The van der Waals surface area contributed by atoms with Gasteiger partial charge in [-0.15, -0.1) is 0 Å².